The van der Waals surface area contributed by atoms with Gasteiger partial charge in [0.15, 0.2) is 0 Å². The first-order chi connectivity index (χ1) is 8.84. The monoisotopic (exact) mass is 245 g/mol. The van der Waals surface area contributed by atoms with Crippen LogP contribution in [0.15, 0.2) is 18.2 Å². The van der Waals surface area contributed by atoms with Crippen molar-refractivity contribution in [1.82, 2.24) is 5.32 Å². The number of aryl methyl sites for hydroxylation is 1. The molecule has 0 unspecified atom stereocenters. The fourth-order valence-electron chi connectivity index (χ4n) is 3.02. The van der Waals surface area contributed by atoms with Crippen LogP contribution in [0, 0.1) is 0 Å². The highest BCUT2D eigenvalue weighted by Gasteiger charge is 2.16. The van der Waals surface area contributed by atoms with Crippen LogP contribution < -0.4 is 15.1 Å². The number of piperazine rings is 1. The van der Waals surface area contributed by atoms with Crippen molar-refractivity contribution < 1.29 is 0 Å². The normalized spacial score (nSPS) is 20.5. The number of nitrogens with one attached hydrogen (secondary N) is 1. The Morgan fingerprint density at radius 3 is 2.72 bits per heavy atom. The first-order valence-corrected chi connectivity index (χ1v) is 7.14. The highest BCUT2D eigenvalue weighted by molar-refractivity contribution is 5.64. The molecule has 2 aliphatic rings. The number of nitrogens with zero attached hydrogens (tertiary/aromatic N) is 2. The molecule has 1 fully saturated rings. The van der Waals surface area contributed by atoms with Crippen LogP contribution in [-0.4, -0.2) is 39.8 Å². The summed E-state index contributed by atoms with van der Waals surface area (Å²) in [6, 6.07) is 7.05. The molecule has 1 aromatic rings. The molecular formula is C15H23N3. The molecule has 1 aromatic carbocycles. The van der Waals surface area contributed by atoms with Crippen LogP contribution in [-0.2, 0) is 6.42 Å². The summed E-state index contributed by atoms with van der Waals surface area (Å²) in [4.78, 5) is 4.92. The zero-order valence-corrected chi connectivity index (χ0v) is 11.3. The van der Waals surface area contributed by atoms with Crippen molar-refractivity contribution >= 4 is 11.4 Å². The van der Waals surface area contributed by atoms with Gasteiger partial charge in [-0.1, -0.05) is 6.07 Å². The predicted octanol–water partition coefficient (Wildman–Crippen LogP) is 1.87. The maximum atomic E-state index is 3.41. The van der Waals surface area contributed by atoms with Crippen molar-refractivity contribution in [1.29, 1.82) is 0 Å². The van der Waals surface area contributed by atoms with Gasteiger partial charge in [-0.3, -0.25) is 0 Å². The number of rotatable bonds is 1. The average Bonchev–Trinajstić information content (AvgIpc) is 2.62. The molecule has 3 nitrogen and oxygen atoms in total. The van der Waals surface area contributed by atoms with Crippen molar-refractivity contribution in [2.75, 3.05) is 49.6 Å². The topological polar surface area (TPSA) is 18.5 Å². The van der Waals surface area contributed by atoms with Crippen molar-refractivity contribution in [2.24, 2.45) is 0 Å². The molecule has 1 saturated heterocycles. The van der Waals surface area contributed by atoms with Crippen LogP contribution in [0.4, 0.5) is 11.4 Å². The van der Waals surface area contributed by atoms with Gasteiger partial charge in [-0.2, -0.15) is 0 Å². The molecule has 0 aliphatic carbocycles. The van der Waals surface area contributed by atoms with Gasteiger partial charge in [0.2, 0.25) is 0 Å². The number of hydrogen-bond acceptors (Lipinski definition) is 3. The van der Waals surface area contributed by atoms with Crippen LogP contribution in [0.3, 0.4) is 0 Å². The highest BCUT2D eigenvalue weighted by Crippen LogP contribution is 2.30. The number of hydrogen-bond donors (Lipinski definition) is 1. The second-order valence-corrected chi connectivity index (χ2v) is 5.43. The van der Waals surface area contributed by atoms with Crippen LogP contribution in [0.25, 0.3) is 0 Å². The lowest BCUT2D eigenvalue weighted by molar-refractivity contribution is 0.589. The van der Waals surface area contributed by atoms with Crippen LogP contribution in [0.1, 0.15) is 18.4 Å². The number of anilines is 2. The smallest absolute Gasteiger partial charge is 0.0416 e. The van der Waals surface area contributed by atoms with E-state index in [1.165, 1.54) is 42.7 Å². The summed E-state index contributed by atoms with van der Waals surface area (Å²) in [5.74, 6) is 0. The molecule has 3 rings (SSSR count). The van der Waals surface area contributed by atoms with Gasteiger partial charge in [0.1, 0.15) is 0 Å². The Morgan fingerprint density at radius 2 is 1.89 bits per heavy atom. The van der Waals surface area contributed by atoms with Crippen molar-refractivity contribution in [3.8, 4) is 0 Å². The molecule has 1 N–H and O–H groups in total. The van der Waals surface area contributed by atoms with E-state index in [2.05, 4.69) is 40.4 Å². The van der Waals surface area contributed by atoms with Crippen molar-refractivity contribution in [3.05, 3.63) is 23.8 Å². The van der Waals surface area contributed by atoms with Gasteiger partial charge in [-0.15, -0.1) is 0 Å². The summed E-state index contributed by atoms with van der Waals surface area (Å²) in [6.45, 7) is 5.66. The van der Waals surface area contributed by atoms with Gasteiger partial charge in [-0.05, 0) is 37.0 Å². The lowest BCUT2D eigenvalue weighted by Gasteiger charge is -2.31. The second-order valence-electron chi connectivity index (χ2n) is 5.43. The van der Waals surface area contributed by atoms with Crippen molar-refractivity contribution in [2.45, 2.75) is 19.3 Å². The van der Waals surface area contributed by atoms with Gasteiger partial charge in [-0.25, -0.2) is 0 Å². The van der Waals surface area contributed by atoms with Crippen LogP contribution >= 0.6 is 0 Å². The third-order valence-corrected chi connectivity index (χ3v) is 4.15. The molecule has 18 heavy (non-hydrogen) atoms. The van der Waals surface area contributed by atoms with E-state index in [0.717, 1.165) is 26.2 Å². The molecule has 2 heterocycles. The maximum absolute atomic E-state index is 3.41. The molecule has 3 heteroatoms. The summed E-state index contributed by atoms with van der Waals surface area (Å²) >= 11 is 0. The molecule has 0 aromatic heterocycles. The summed E-state index contributed by atoms with van der Waals surface area (Å²) < 4.78 is 0. The molecule has 0 spiro atoms. The van der Waals surface area contributed by atoms with Gasteiger partial charge in [0.05, 0.1) is 0 Å². The molecule has 0 saturated carbocycles. The molecule has 2 aliphatic heterocycles. The number of fused-ring (bicyclic) bond motifs is 1. The minimum atomic E-state index is 1.10. The molecule has 0 amide bonds. The summed E-state index contributed by atoms with van der Waals surface area (Å²) in [7, 11) is 2.23. The highest BCUT2D eigenvalue weighted by atomic mass is 15.2. The zero-order valence-electron chi connectivity index (χ0n) is 11.3. The maximum Gasteiger partial charge on any atom is 0.0416 e. The van der Waals surface area contributed by atoms with E-state index in [1.807, 2.05) is 0 Å². The quantitative estimate of drug-likeness (QED) is 0.815. The molecule has 0 bridgehead atoms. The zero-order chi connectivity index (χ0) is 12.4. The second kappa shape index (κ2) is 5.19. The lowest BCUT2D eigenvalue weighted by atomic mass is 10.1. The van der Waals surface area contributed by atoms with Gasteiger partial charge in [0.25, 0.3) is 0 Å². The fourth-order valence-corrected chi connectivity index (χ4v) is 3.02. The Hall–Kier alpha value is -1.22. The van der Waals surface area contributed by atoms with E-state index in [9.17, 15) is 0 Å². The molecular weight excluding hydrogens is 222 g/mol. The Labute approximate surface area is 110 Å². The van der Waals surface area contributed by atoms with E-state index in [-0.39, 0.29) is 0 Å². The van der Waals surface area contributed by atoms with Gasteiger partial charge in [0, 0.05) is 51.1 Å². The third kappa shape index (κ3) is 2.32. The predicted molar refractivity (Wildman–Crippen MR) is 77.7 cm³/mol. The van der Waals surface area contributed by atoms with Crippen LogP contribution in [0.5, 0.6) is 0 Å². The number of benzene rings is 1. The molecule has 0 radical (unpaired) electrons. The van der Waals surface area contributed by atoms with E-state index in [0.29, 0.717) is 0 Å². The summed E-state index contributed by atoms with van der Waals surface area (Å²) in [5, 5.41) is 3.41. The Morgan fingerprint density at radius 1 is 1.06 bits per heavy atom. The minimum absolute atomic E-state index is 1.10. The molecule has 98 valence electrons. The first kappa shape index (κ1) is 11.8. The Balaban J connectivity index is 1.88. The Bertz CT molecular complexity index is 410. The standard InChI is InChI=1S/C15H23N3/c1-17-9-3-2-4-13-5-6-14(12-15(13)17)18-10-7-16-8-11-18/h5-6,12,16H,2-4,7-11H2,1H3. The van der Waals surface area contributed by atoms with E-state index in [4.69, 9.17) is 0 Å². The van der Waals surface area contributed by atoms with E-state index >= 15 is 0 Å². The minimum Gasteiger partial charge on any atom is -0.374 e. The van der Waals surface area contributed by atoms with E-state index < -0.39 is 0 Å². The SMILES string of the molecule is CN1CCCCc2ccc(N3CCNCC3)cc21. The van der Waals surface area contributed by atoms with Gasteiger partial charge < -0.3 is 15.1 Å². The summed E-state index contributed by atoms with van der Waals surface area (Å²) in [6.07, 6.45) is 3.87. The Kier molecular flexibility index (Phi) is 3.41. The molecule has 0 atom stereocenters. The first-order valence-electron chi connectivity index (χ1n) is 7.14. The average molecular weight is 245 g/mol. The largest absolute Gasteiger partial charge is 0.374 e. The van der Waals surface area contributed by atoms with E-state index in [1.54, 1.807) is 0 Å². The van der Waals surface area contributed by atoms with Gasteiger partial charge >= 0.3 is 0 Å². The fraction of sp³-hybridized carbons (Fsp3) is 0.600. The van der Waals surface area contributed by atoms with Crippen molar-refractivity contribution in [3.63, 3.8) is 0 Å². The third-order valence-electron chi connectivity index (χ3n) is 4.15. The van der Waals surface area contributed by atoms with Crippen LogP contribution in [0.2, 0.25) is 0 Å². The summed E-state index contributed by atoms with van der Waals surface area (Å²) in [5.41, 5.74) is 4.36. The lowest BCUT2D eigenvalue weighted by Crippen LogP contribution is -2.43.